The molecule has 134 valence electrons. The van der Waals surface area contributed by atoms with Gasteiger partial charge in [-0.1, -0.05) is 60.7 Å². The Bertz CT molecular complexity index is 1080. The molecule has 0 saturated heterocycles. The van der Waals surface area contributed by atoms with Crippen LogP contribution in [0.15, 0.2) is 84.9 Å². The van der Waals surface area contributed by atoms with Crippen molar-refractivity contribution in [1.29, 1.82) is 0 Å². The highest BCUT2D eigenvalue weighted by atomic mass is 16.5. The predicted molar refractivity (Wildman–Crippen MR) is 111 cm³/mol. The molecule has 1 unspecified atom stereocenters. The van der Waals surface area contributed by atoms with Crippen LogP contribution in [0.5, 0.6) is 11.5 Å². The summed E-state index contributed by atoms with van der Waals surface area (Å²) in [6, 6.07) is 28.8. The quantitative estimate of drug-likeness (QED) is 0.453. The largest absolute Gasteiger partial charge is 0.508 e. The van der Waals surface area contributed by atoms with Crippen LogP contribution < -0.4 is 4.74 Å². The van der Waals surface area contributed by atoms with Gasteiger partial charge in [0.1, 0.15) is 11.5 Å². The minimum absolute atomic E-state index is 0.0719. The number of fused-ring (bicyclic) bond motifs is 1. The molecule has 4 aromatic carbocycles. The topological polar surface area (TPSA) is 29.5 Å². The zero-order valence-corrected chi connectivity index (χ0v) is 15.5. The van der Waals surface area contributed by atoms with Crippen LogP contribution in [0.1, 0.15) is 28.2 Å². The van der Waals surface area contributed by atoms with Crippen molar-refractivity contribution >= 4 is 10.8 Å². The summed E-state index contributed by atoms with van der Waals surface area (Å²) in [6.45, 7) is 2.05. The molecule has 0 aliphatic rings. The molecule has 4 aromatic rings. The SMILES string of the molecule is COc1ccc(C(c2ccc(O)cc2C)c2cccc3ccccc23)cc1. The normalized spacial score (nSPS) is 12.1. The van der Waals surface area contributed by atoms with Gasteiger partial charge in [0, 0.05) is 5.92 Å². The number of phenolic OH excluding ortho intramolecular Hbond substituents is 1. The molecule has 0 aliphatic heterocycles. The molecular weight excluding hydrogens is 332 g/mol. The van der Waals surface area contributed by atoms with Crippen molar-refractivity contribution in [1.82, 2.24) is 0 Å². The van der Waals surface area contributed by atoms with Crippen LogP contribution in [0.2, 0.25) is 0 Å². The molecule has 1 N–H and O–H groups in total. The van der Waals surface area contributed by atoms with E-state index in [0.717, 1.165) is 11.3 Å². The van der Waals surface area contributed by atoms with E-state index < -0.39 is 0 Å². The Balaban J connectivity index is 1.97. The number of hydrogen-bond acceptors (Lipinski definition) is 2. The van der Waals surface area contributed by atoms with Gasteiger partial charge in [0.25, 0.3) is 0 Å². The summed E-state index contributed by atoms with van der Waals surface area (Å²) in [5.41, 5.74) is 4.71. The third-order valence-electron chi connectivity index (χ3n) is 5.15. The Hall–Kier alpha value is -3.26. The number of hydrogen-bond donors (Lipinski definition) is 1. The van der Waals surface area contributed by atoms with Gasteiger partial charge >= 0.3 is 0 Å². The first-order valence-electron chi connectivity index (χ1n) is 9.08. The standard InChI is InChI=1S/C25H22O2/c1-17-16-20(26)12-15-22(17)25(19-10-13-21(27-2)14-11-19)24-9-5-7-18-6-3-4-8-23(18)24/h3-16,25-26H,1-2H3. The number of benzene rings is 4. The lowest BCUT2D eigenvalue weighted by Gasteiger charge is -2.23. The lowest BCUT2D eigenvalue weighted by molar-refractivity contribution is 0.414. The van der Waals surface area contributed by atoms with E-state index in [-0.39, 0.29) is 5.92 Å². The second-order valence-corrected chi connectivity index (χ2v) is 6.82. The number of rotatable bonds is 4. The van der Waals surface area contributed by atoms with Crippen molar-refractivity contribution in [3.63, 3.8) is 0 Å². The van der Waals surface area contributed by atoms with Crippen molar-refractivity contribution in [2.45, 2.75) is 12.8 Å². The monoisotopic (exact) mass is 354 g/mol. The first-order valence-corrected chi connectivity index (χ1v) is 9.08. The summed E-state index contributed by atoms with van der Waals surface area (Å²) in [4.78, 5) is 0. The van der Waals surface area contributed by atoms with E-state index in [1.165, 1.54) is 27.5 Å². The van der Waals surface area contributed by atoms with E-state index in [1.54, 1.807) is 13.2 Å². The van der Waals surface area contributed by atoms with Gasteiger partial charge in [0.2, 0.25) is 0 Å². The van der Waals surface area contributed by atoms with Gasteiger partial charge in [0.05, 0.1) is 7.11 Å². The van der Waals surface area contributed by atoms with Crippen LogP contribution in [0.3, 0.4) is 0 Å². The molecular formula is C25H22O2. The number of phenols is 1. The van der Waals surface area contributed by atoms with E-state index in [1.807, 2.05) is 24.3 Å². The van der Waals surface area contributed by atoms with Gasteiger partial charge in [-0.3, -0.25) is 0 Å². The maximum atomic E-state index is 9.88. The Morgan fingerprint density at radius 2 is 1.52 bits per heavy atom. The van der Waals surface area contributed by atoms with Crippen LogP contribution in [-0.4, -0.2) is 12.2 Å². The van der Waals surface area contributed by atoms with Crippen LogP contribution in [0, 0.1) is 6.92 Å². The summed E-state index contributed by atoms with van der Waals surface area (Å²) in [5, 5.41) is 12.4. The molecule has 0 bridgehead atoms. The fourth-order valence-corrected chi connectivity index (χ4v) is 3.81. The molecule has 2 heteroatoms. The van der Waals surface area contributed by atoms with Gasteiger partial charge in [-0.25, -0.2) is 0 Å². The van der Waals surface area contributed by atoms with Crippen molar-refractivity contribution in [3.05, 3.63) is 107 Å². The lowest BCUT2D eigenvalue weighted by Crippen LogP contribution is -2.06. The summed E-state index contributed by atoms with van der Waals surface area (Å²) >= 11 is 0. The van der Waals surface area contributed by atoms with Gasteiger partial charge in [-0.2, -0.15) is 0 Å². The van der Waals surface area contributed by atoms with E-state index in [9.17, 15) is 5.11 Å². The summed E-state index contributed by atoms with van der Waals surface area (Å²) in [6.07, 6.45) is 0. The van der Waals surface area contributed by atoms with E-state index in [0.29, 0.717) is 5.75 Å². The van der Waals surface area contributed by atoms with Crippen molar-refractivity contribution in [2.75, 3.05) is 7.11 Å². The molecule has 0 heterocycles. The lowest BCUT2D eigenvalue weighted by atomic mass is 9.81. The van der Waals surface area contributed by atoms with Gasteiger partial charge in [-0.05, 0) is 64.2 Å². The molecule has 0 spiro atoms. The van der Waals surface area contributed by atoms with Crippen molar-refractivity contribution in [2.24, 2.45) is 0 Å². The molecule has 2 nitrogen and oxygen atoms in total. The predicted octanol–water partition coefficient (Wildman–Crippen LogP) is 6.04. The van der Waals surface area contributed by atoms with Crippen LogP contribution in [0.25, 0.3) is 10.8 Å². The van der Waals surface area contributed by atoms with E-state index in [4.69, 9.17) is 4.74 Å². The first kappa shape index (κ1) is 17.2. The highest BCUT2D eigenvalue weighted by Crippen LogP contribution is 2.38. The van der Waals surface area contributed by atoms with Crippen LogP contribution in [0.4, 0.5) is 0 Å². The Kier molecular flexibility index (Phi) is 4.55. The second-order valence-electron chi connectivity index (χ2n) is 6.82. The third-order valence-corrected chi connectivity index (χ3v) is 5.15. The maximum Gasteiger partial charge on any atom is 0.118 e. The molecule has 1 atom stereocenters. The molecule has 0 aliphatic carbocycles. The Morgan fingerprint density at radius 3 is 2.26 bits per heavy atom. The van der Waals surface area contributed by atoms with Gasteiger partial charge in [0.15, 0.2) is 0 Å². The fraction of sp³-hybridized carbons (Fsp3) is 0.120. The van der Waals surface area contributed by atoms with Crippen LogP contribution in [-0.2, 0) is 0 Å². The average molecular weight is 354 g/mol. The third kappa shape index (κ3) is 3.26. The molecule has 0 saturated carbocycles. The zero-order valence-electron chi connectivity index (χ0n) is 15.5. The van der Waals surface area contributed by atoms with Gasteiger partial charge < -0.3 is 9.84 Å². The highest BCUT2D eigenvalue weighted by Gasteiger charge is 2.21. The molecule has 4 rings (SSSR count). The Labute approximate surface area is 159 Å². The minimum atomic E-state index is 0.0719. The van der Waals surface area contributed by atoms with Crippen LogP contribution >= 0.6 is 0 Å². The zero-order chi connectivity index (χ0) is 18.8. The molecule has 27 heavy (non-hydrogen) atoms. The molecule has 0 fully saturated rings. The van der Waals surface area contributed by atoms with Gasteiger partial charge in [-0.15, -0.1) is 0 Å². The summed E-state index contributed by atoms with van der Waals surface area (Å²) in [5.74, 6) is 1.21. The number of aromatic hydroxyl groups is 1. The van der Waals surface area contributed by atoms with E-state index >= 15 is 0 Å². The highest BCUT2D eigenvalue weighted by molar-refractivity contribution is 5.87. The second kappa shape index (κ2) is 7.16. The average Bonchev–Trinajstić information content (AvgIpc) is 2.70. The van der Waals surface area contributed by atoms with E-state index in [2.05, 4.69) is 61.5 Å². The minimum Gasteiger partial charge on any atom is -0.508 e. The first-order chi connectivity index (χ1) is 13.2. The molecule has 0 amide bonds. The number of methoxy groups -OCH3 is 1. The summed E-state index contributed by atoms with van der Waals surface area (Å²) < 4.78 is 5.34. The molecule has 0 radical (unpaired) electrons. The fourth-order valence-electron chi connectivity index (χ4n) is 3.81. The number of ether oxygens (including phenoxy) is 1. The Morgan fingerprint density at radius 1 is 0.778 bits per heavy atom. The molecule has 0 aromatic heterocycles. The number of aryl methyl sites for hydroxylation is 1. The smallest absolute Gasteiger partial charge is 0.118 e. The summed E-state index contributed by atoms with van der Waals surface area (Å²) in [7, 11) is 1.68. The van der Waals surface area contributed by atoms with Crippen molar-refractivity contribution in [3.8, 4) is 11.5 Å². The van der Waals surface area contributed by atoms with Crippen molar-refractivity contribution < 1.29 is 9.84 Å². The maximum absolute atomic E-state index is 9.88.